The van der Waals surface area contributed by atoms with E-state index in [0.29, 0.717) is 0 Å². The molecule has 2 N–H and O–H groups in total. The van der Waals surface area contributed by atoms with E-state index in [-0.39, 0.29) is 11.6 Å². The van der Waals surface area contributed by atoms with Gasteiger partial charge in [-0.1, -0.05) is 24.4 Å². The number of rotatable bonds is 4. The second-order valence-electron chi connectivity index (χ2n) is 6.07. The minimum absolute atomic E-state index is 0.0564. The molecule has 1 aliphatic heterocycles. The highest BCUT2D eigenvalue weighted by atomic mass is 35.5. The molecule has 1 unspecified atom stereocenters. The van der Waals surface area contributed by atoms with Crippen molar-refractivity contribution in [2.45, 2.75) is 57.5 Å². The van der Waals surface area contributed by atoms with Gasteiger partial charge in [-0.05, 0) is 58.3 Å². The van der Waals surface area contributed by atoms with Gasteiger partial charge in [-0.2, -0.15) is 0 Å². The van der Waals surface area contributed by atoms with E-state index < -0.39 is 0 Å². The van der Waals surface area contributed by atoms with Crippen LogP contribution in [0.15, 0.2) is 12.1 Å². The minimum atomic E-state index is 0.0564. The molecule has 4 heteroatoms. The maximum absolute atomic E-state index is 6.50. The number of halogens is 1. The van der Waals surface area contributed by atoms with Crippen LogP contribution in [0.1, 0.15) is 44.4 Å². The van der Waals surface area contributed by atoms with Crippen molar-refractivity contribution in [1.29, 1.82) is 0 Å². The monoisotopic (exact) mass is 300 g/mol. The molecule has 2 nitrogen and oxygen atoms in total. The number of hydrogen-bond donors (Lipinski definition) is 1. The average Bonchev–Trinajstić information content (AvgIpc) is 2.63. The molecule has 1 atom stereocenters. The molecule has 108 valence electrons. The molecule has 1 fully saturated rings. The molecule has 1 aliphatic rings. The lowest BCUT2D eigenvalue weighted by Gasteiger charge is -2.42. The Labute approximate surface area is 125 Å². The highest BCUT2D eigenvalue weighted by molar-refractivity contribution is 7.16. The van der Waals surface area contributed by atoms with Crippen LogP contribution in [0.2, 0.25) is 4.34 Å². The normalized spacial score (nSPS) is 20.2. The molecule has 1 saturated heterocycles. The largest absolute Gasteiger partial charge is 0.326 e. The standard InChI is InChI=1S/C15H25ClN2S/c1-15(2,18-9-5-3-4-6-10-18)13(17)11-12-7-8-14(16)19-12/h7-8,13H,3-6,9-11,17H2,1-2H3. The van der Waals surface area contributed by atoms with Crippen molar-refractivity contribution in [3.8, 4) is 0 Å². The van der Waals surface area contributed by atoms with E-state index in [1.54, 1.807) is 11.3 Å². The highest BCUT2D eigenvalue weighted by Gasteiger charge is 2.33. The summed E-state index contributed by atoms with van der Waals surface area (Å²) >= 11 is 7.65. The smallest absolute Gasteiger partial charge is 0.0931 e. The van der Waals surface area contributed by atoms with Gasteiger partial charge in [-0.25, -0.2) is 0 Å². The van der Waals surface area contributed by atoms with Crippen LogP contribution >= 0.6 is 22.9 Å². The van der Waals surface area contributed by atoms with E-state index in [9.17, 15) is 0 Å². The lowest BCUT2D eigenvalue weighted by Crippen LogP contribution is -2.57. The summed E-state index contributed by atoms with van der Waals surface area (Å²) in [5.74, 6) is 0. The quantitative estimate of drug-likeness (QED) is 0.913. The van der Waals surface area contributed by atoms with Crippen LogP contribution in [-0.2, 0) is 6.42 Å². The van der Waals surface area contributed by atoms with Crippen LogP contribution < -0.4 is 5.73 Å². The van der Waals surface area contributed by atoms with Crippen LogP contribution in [0.5, 0.6) is 0 Å². The third kappa shape index (κ3) is 3.94. The summed E-state index contributed by atoms with van der Waals surface area (Å²) in [7, 11) is 0. The van der Waals surface area contributed by atoms with Crippen molar-refractivity contribution < 1.29 is 0 Å². The predicted octanol–water partition coefficient (Wildman–Crippen LogP) is 3.93. The van der Waals surface area contributed by atoms with E-state index in [1.807, 2.05) is 6.07 Å². The van der Waals surface area contributed by atoms with Crippen LogP contribution in [0, 0.1) is 0 Å². The van der Waals surface area contributed by atoms with Gasteiger partial charge in [0.2, 0.25) is 0 Å². The molecule has 0 aliphatic carbocycles. The van der Waals surface area contributed by atoms with Gasteiger partial charge < -0.3 is 5.73 Å². The molecule has 0 saturated carbocycles. The minimum Gasteiger partial charge on any atom is -0.326 e. The molecule has 0 spiro atoms. The van der Waals surface area contributed by atoms with Crippen molar-refractivity contribution in [2.24, 2.45) is 5.73 Å². The van der Waals surface area contributed by atoms with Crippen molar-refractivity contribution in [1.82, 2.24) is 4.90 Å². The molecule has 19 heavy (non-hydrogen) atoms. The second-order valence-corrected chi connectivity index (χ2v) is 7.87. The topological polar surface area (TPSA) is 29.3 Å². The first kappa shape index (κ1) is 15.3. The Bertz CT molecular complexity index is 395. The van der Waals surface area contributed by atoms with Gasteiger partial charge in [0.05, 0.1) is 4.34 Å². The maximum Gasteiger partial charge on any atom is 0.0931 e. The molecule has 0 bridgehead atoms. The summed E-state index contributed by atoms with van der Waals surface area (Å²) in [4.78, 5) is 3.88. The first-order valence-electron chi connectivity index (χ1n) is 7.25. The van der Waals surface area contributed by atoms with Crippen LogP contribution in [-0.4, -0.2) is 29.6 Å². The van der Waals surface area contributed by atoms with Crippen LogP contribution in [0.4, 0.5) is 0 Å². The van der Waals surface area contributed by atoms with Crippen molar-refractivity contribution in [2.75, 3.05) is 13.1 Å². The summed E-state index contributed by atoms with van der Waals surface area (Å²) in [5, 5.41) is 0. The lowest BCUT2D eigenvalue weighted by atomic mass is 9.90. The van der Waals surface area contributed by atoms with Gasteiger partial charge in [-0.3, -0.25) is 4.90 Å². The summed E-state index contributed by atoms with van der Waals surface area (Å²) in [6, 6.07) is 4.22. The van der Waals surface area contributed by atoms with E-state index in [0.717, 1.165) is 10.8 Å². The number of nitrogens with zero attached hydrogens (tertiary/aromatic N) is 1. The average molecular weight is 301 g/mol. The molecular formula is C15H25ClN2S. The number of nitrogens with two attached hydrogens (primary N) is 1. The van der Waals surface area contributed by atoms with Gasteiger partial charge in [-0.15, -0.1) is 11.3 Å². The first-order chi connectivity index (χ1) is 9.00. The summed E-state index contributed by atoms with van der Waals surface area (Å²) in [5.41, 5.74) is 6.55. The fraction of sp³-hybridized carbons (Fsp3) is 0.733. The molecular weight excluding hydrogens is 276 g/mol. The van der Waals surface area contributed by atoms with Crippen molar-refractivity contribution >= 4 is 22.9 Å². The summed E-state index contributed by atoms with van der Waals surface area (Å²) in [6.45, 7) is 6.95. The Morgan fingerprint density at radius 1 is 1.26 bits per heavy atom. The van der Waals surface area contributed by atoms with E-state index in [1.165, 1.54) is 43.6 Å². The third-order valence-electron chi connectivity index (χ3n) is 4.38. The van der Waals surface area contributed by atoms with Crippen LogP contribution in [0.25, 0.3) is 0 Å². The van der Waals surface area contributed by atoms with E-state index in [4.69, 9.17) is 17.3 Å². The highest BCUT2D eigenvalue weighted by Crippen LogP contribution is 2.27. The van der Waals surface area contributed by atoms with E-state index >= 15 is 0 Å². The Balaban J connectivity index is 2.00. The zero-order valence-corrected chi connectivity index (χ0v) is 13.6. The predicted molar refractivity (Wildman–Crippen MR) is 85.1 cm³/mol. The number of hydrogen-bond acceptors (Lipinski definition) is 3. The fourth-order valence-corrected chi connectivity index (χ4v) is 3.96. The zero-order valence-electron chi connectivity index (χ0n) is 12.0. The number of thiophene rings is 1. The van der Waals surface area contributed by atoms with Crippen molar-refractivity contribution in [3.63, 3.8) is 0 Å². The Hall–Kier alpha value is -0.0900. The van der Waals surface area contributed by atoms with Gasteiger partial charge in [0.25, 0.3) is 0 Å². The van der Waals surface area contributed by atoms with E-state index in [2.05, 4.69) is 24.8 Å². The number of likely N-dealkylation sites (tertiary alicyclic amines) is 1. The molecule has 2 heterocycles. The first-order valence-corrected chi connectivity index (χ1v) is 8.44. The maximum atomic E-state index is 6.50. The van der Waals surface area contributed by atoms with Gasteiger partial charge in [0.1, 0.15) is 0 Å². The lowest BCUT2D eigenvalue weighted by molar-refractivity contribution is 0.0982. The van der Waals surface area contributed by atoms with Crippen LogP contribution in [0.3, 0.4) is 0 Å². The zero-order chi connectivity index (χ0) is 13.9. The van der Waals surface area contributed by atoms with Gasteiger partial charge >= 0.3 is 0 Å². The van der Waals surface area contributed by atoms with Gasteiger partial charge in [0.15, 0.2) is 0 Å². The molecule has 0 radical (unpaired) electrons. The Morgan fingerprint density at radius 3 is 2.42 bits per heavy atom. The molecule has 1 aromatic heterocycles. The van der Waals surface area contributed by atoms with Crippen molar-refractivity contribution in [3.05, 3.63) is 21.3 Å². The summed E-state index contributed by atoms with van der Waals surface area (Å²) < 4.78 is 0.856. The fourth-order valence-electron chi connectivity index (χ4n) is 2.81. The third-order valence-corrected chi connectivity index (χ3v) is 5.63. The molecule has 0 amide bonds. The second kappa shape index (κ2) is 6.57. The molecule has 2 rings (SSSR count). The Morgan fingerprint density at radius 2 is 1.89 bits per heavy atom. The Kier molecular flexibility index (Phi) is 5.29. The summed E-state index contributed by atoms with van der Waals surface area (Å²) in [6.07, 6.45) is 6.26. The molecule has 0 aromatic carbocycles. The SMILES string of the molecule is CC(C)(C(N)Cc1ccc(Cl)s1)N1CCCCCC1. The van der Waals surface area contributed by atoms with Gasteiger partial charge in [0, 0.05) is 16.5 Å². The molecule has 1 aromatic rings.